The van der Waals surface area contributed by atoms with Crippen molar-refractivity contribution >= 4 is 33.3 Å². The summed E-state index contributed by atoms with van der Waals surface area (Å²) in [5.74, 6) is -1.74. The van der Waals surface area contributed by atoms with E-state index in [-0.39, 0.29) is 16.9 Å². The summed E-state index contributed by atoms with van der Waals surface area (Å²) in [7, 11) is -3.55. The molecule has 1 amide bonds. The van der Waals surface area contributed by atoms with Gasteiger partial charge in [0.05, 0.1) is 17.4 Å². The van der Waals surface area contributed by atoms with E-state index < -0.39 is 39.7 Å². The second-order valence-corrected chi connectivity index (χ2v) is 7.82. The van der Waals surface area contributed by atoms with E-state index in [9.17, 15) is 31.2 Å². The third-order valence-corrected chi connectivity index (χ3v) is 4.12. The van der Waals surface area contributed by atoms with Crippen molar-refractivity contribution in [2.45, 2.75) is 19.2 Å². The van der Waals surface area contributed by atoms with Gasteiger partial charge in [-0.15, -0.1) is 0 Å². The predicted molar refractivity (Wildman–Crippen MR) is 99.9 cm³/mol. The number of halogens is 3. The van der Waals surface area contributed by atoms with Gasteiger partial charge < -0.3 is 10.1 Å². The molecular weight excluding hydrogens is 413 g/mol. The third-order valence-electron chi connectivity index (χ3n) is 3.51. The molecule has 0 saturated heterocycles. The number of rotatable bonds is 6. The molecule has 0 fully saturated rings. The van der Waals surface area contributed by atoms with Crippen molar-refractivity contribution in [2.75, 3.05) is 16.3 Å². The second-order valence-electron chi connectivity index (χ2n) is 6.07. The van der Waals surface area contributed by atoms with Gasteiger partial charge in [0, 0.05) is 11.4 Å². The Morgan fingerprint density at radius 1 is 1.03 bits per heavy atom. The van der Waals surface area contributed by atoms with Crippen LogP contribution >= 0.6 is 0 Å². The van der Waals surface area contributed by atoms with Crippen LogP contribution in [0.3, 0.4) is 0 Å². The molecule has 156 valence electrons. The maximum Gasteiger partial charge on any atom is 0.416 e. The zero-order valence-corrected chi connectivity index (χ0v) is 16.1. The second kappa shape index (κ2) is 8.52. The van der Waals surface area contributed by atoms with Crippen LogP contribution in [0, 0.1) is 0 Å². The fourth-order valence-electron chi connectivity index (χ4n) is 2.22. The number of carbonyl (C=O) groups is 2. The lowest BCUT2D eigenvalue weighted by molar-refractivity contribution is -0.137. The summed E-state index contributed by atoms with van der Waals surface area (Å²) < 4.78 is 67.9. The van der Waals surface area contributed by atoms with E-state index in [1.807, 2.05) is 0 Å². The number of benzene rings is 2. The molecule has 2 rings (SSSR count). The Morgan fingerprint density at radius 3 is 2.28 bits per heavy atom. The van der Waals surface area contributed by atoms with Gasteiger partial charge in [-0.3, -0.25) is 9.52 Å². The quantitative estimate of drug-likeness (QED) is 0.685. The number of nitrogens with one attached hydrogen (secondary N) is 2. The molecule has 2 aromatic rings. The van der Waals surface area contributed by atoms with Crippen molar-refractivity contribution < 1.29 is 35.9 Å². The highest BCUT2D eigenvalue weighted by molar-refractivity contribution is 7.92. The minimum atomic E-state index is -4.57. The summed E-state index contributed by atoms with van der Waals surface area (Å²) in [6, 6.07) is 9.42. The summed E-state index contributed by atoms with van der Waals surface area (Å²) in [5, 5.41) is 2.25. The summed E-state index contributed by atoms with van der Waals surface area (Å²) in [4.78, 5) is 24.3. The third kappa shape index (κ3) is 6.79. The molecule has 0 aliphatic heterocycles. The number of amides is 1. The maximum absolute atomic E-state index is 12.7. The van der Waals surface area contributed by atoms with E-state index >= 15 is 0 Å². The average molecular weight is 430 g/mol. The Balaban J connectivity index is 2.04. The summed E-state index contributed by atoms with van der Waals surface area (Å²) in [5.41, 5.74) is -0.928. The molecule has 1 unspecified atom stereocenters. The van der Waals surface area contributed by atoms with Gasteiger partial charge in [-0.25, -0.2) is 13.2 Å². The fourth-order valence-corrected chi connectivity index (χ4v) is 2.78. The summed E-state index contributed by atoms with van der Waals surface area (Å²) >= 11 is 0. The van der Waals surface area contributed by atoms with E-state index in [1.165, 1.54) is 37.3 Å². The number of hydrogen-bond donors (Lipinski definition) is 2. The van der Waals surface area contributed by atoms with Gasteiger partial charge in [0.25, 0.3) is 5.91 Å². The molecule has 2 aromatic carbocycles. The number of alkyl halides is 3. The number of esters is 1. The smallest absolute Gasteiger partial charge is 0.416 e. The number of ether oxygens (including phenoxy) is 1. The number of anilines is 2. The highest BCUT2D eigenvalue weighted by Gasteiger charge is 2.30. The van der Waals surface area contributed by atoms with Crippen LogP contribution < -0.4 is 10.0 Å². The standard InChI is InChI=1S/C18H17F3N2O5S/c1-11(16(24)22-14-7-4-6-13(10-14)18(19,20)21)28-17(25)12-5-3-8-15(9-12)23-29(2,26)27/h3-11,23H,1-2H3,(H,22,24). The number of sulfonamides is 1. The Bertz CT molecular complexity index is 1020. The van der Waals surface area contributed by atoms with Crippen molar-refractivity contribution in [3.8, 4) is 0 Å². The van der Waals surface area contributed by atoms with Crippen LogP contribution in [0.1, 0.15) is 22.8 Å². The first-order valence-corrected chi connectivity index (χ1v) is 10.0. The first-order chi connectivity index (χ1) is 13.3. The lowest BCUT2D eigenvalue weighted by atomic mass is 10.2. The van der Waals surface area contributed by atoms with Crippen LogP contribution in [0.4, 0.5) is 24.5 Å². The molecule has 29 heavy (non-hydrogen) atoms. The molecule has 0 bridgehead atoms. The van der Waals surface area contributed by atoms with Crippen molar-refractivity contribution in [3.05, 3.63) is 59.7 Å². The lowest BCUT2D eigenvalue weighted by Gasteiger charge is -2.15. The van der Waals surface area contributed by atoms with E-state index in [1.54, 1.807) is 0 Å². The molecular formula is C18H17F3N2O5S. The minimum absolute atomic E-state index is 0.0163. The fraction of sp³-hybridized carbons (Fsp3) is 0.222. The zero-order valence-electron chi connectivity index (χ0n) is 15.3. The number of carbonyl (C=O) groups excluding carboxylic acids is 2. The monoisotopic (exact) mass is 430 g/mol. The lowest BCUT2D eigenvalue weighted by Crippen LogP contribution is -2.30. The van der Waals surface area contributed by atoms with Gasteiger partial charge in [-0.2, -0.15) is 13.2 Å². The SMILES string of the molecule is CC(OC(=O)c1cccc(NS(C)(=O)=O)c1)C(=O)Nc1cccc(C(F)(F)F)c1. The summed E-state index contributed by atoms with van der Waals surface area (Å²) in [6.07, 6.45) is -4.94. The first kappa shape index (κ1) is 22.2. The molecule has 0 radical (unpaired) electrons. The molecule has 11 heteroatoms. The van der Waals surface area contributed by atoms with Gasteiger partial charge in [-0.1, -0.05) is 12.1 Å². The molecule has 0 spiro atoms. The van der Waals surface area contributed by atoms with E-state index in [0.29, 0.717) is 0 Å². The predicted octanol–water partition coefficient (Wildman–Crippen LogP) is 3.26. The van der Waals surface area contributed by atoms with Gasteiger partial charge >= 0.3 is 12.1 Å². The van der Waals surface area contributed by atoms with Gasteiger partial charge in [-0.05, 0) is 43.3 Å². The van der Waals surface area contributed by atoms with Crippen LogP contribution in [0.2, 0.25) is 0 Å². The van der Waals surface area contributed by atoms with Gasteiger partial charge in [0.1, 0.15) is 0 Å². The molecule has 7 nitrogen and oxygen atoms in total. The van der Waals surface area contributed by atoms with E-state index in [0.717, 1.165) is 24.5 Å². The number of hydrogen-bond acceptors (Lipinski definition) is 5. The molecule has 1 atom stereocenters. The maximum atomic E-state index is 12.7. The van der Waals surface area contributed by atoms with Gasteiger partial charge in [0.2, 0.25) is 10.0 Å². The molecule has 0 heterocycles. The van der Waals surface area contributed by atoms with E-state index in [4.69, 9.17) is 4.74 Å². The molecule has 0 saturated carbocycles. The highest BCUT2D eigenvalue weighted by atomic mass is 32.2. The molecule has 2 N–H and O–H groups in total. The van der Waals surface area contributed by atoms with Crippen LogP contribution in [-0.4, -0.2) is 32.7 Å². The zero-order chi connectivity index (χ0) is 21.8. The topological polar surface area (TPSA) is 102 Å². The van der Waals surface area contributed by atoms with Crippen molar-refractivity contribution in [1.82, 2.24) is 0 Å². The normalized spacial score (nSPS) is 12.7. The van der Waals surface area contributed by atoms with Crippen molar-refractivity contribution in [3.63, 3.8) is 0 Å². The van der Waals surface area contributed by atoms with Crippen LogP contribution in [0.25, 0.3) is 0 Å². The van der Waals surface area contributed by atoms with E-state index in [2.05, 4.69) is 10.0 Å². The largest absolute Gasteiger partial charge is 0.449 e. The molecule has 0 aromatic heterocycles. The first-order valence-electron chi connectivity index (χ1n) is 8.12. The summed E-state index contributed by atoms with van der Waals surface area (Å²) in [6.45, 7) is 1.25. The average Bonchev–Trinajstić information content (AvgIpc) is 2.60. The molecule has 0 aliphatic rings. The minimum Gasteiger partial charge on any atom is -0.449 e. The highest BCUT2D eigenvalue weighted by Crippen LogP contribution is 2.30. The van der Waals surface area contributed by atoms with Gasteiger partial charge in [0.15, 0.2) is 6.10 Å². The van der Waals surface area contributed by atoms with Crippen molar-refractivity contribution in [2.24, 2.45) is 0 Å². The Hall–Kier alpha value is -3.08. The Morgan fingerprint density at radius 2 is 1.66 bits per heavy atom. The Labute approximate surface area is 164 Å². The Kier molecular flexibility index (Phi) is 6.52. The van der Waals surface area contributed by atoms with Crippen molar-refractivity contribution in [1.29, 1.82) is 0 Å². The van der Waals surface area contributed by atoms with Crippen LogP contribution in [-0.2, 0) is 25.7 Å². The molecule has 0 aliphatic carbocycles. The van der Waals surface area contributed by atoms with Crippen LogP contribution in [0.15, 0.2) is 48.5 Å². The van der Waals surface area contributed by atoms with Crippen LogP contribution in [0.5, 0.6) is 0 Å².